The second-order valence-corrected chi connectivity index (χ2v) is 3.98. The highest BCUT2D eigenvalue weighted by molar-refractivity contribution is 5.40. The molecule has 0 aliphatic rings. The molecule has 94 valence electrons. The fourth-order valence-electron chi connectivity index (χ4n) is 1.69. The lowest BCUT2D eigenvalue weighted by atomic mass is 10.1. The highest BCUT2D eigenvalue weighted by Crippen LogP contribution is 2.20. The van der Waals surface area contributed by atoms with Crippen molar-refractivity contribution >= 4 is 5.82 Å². The monoisotopic (exact) mass is 246 g/mol. The molecular weight excluding hydrogens is 231 g/mol. The average Bonchev–Trinajstić information content (AvgIpc) is 2.42. The summed E-state index contributed by atoms with van der Waals surface area (Å²) in [7, 11) is 0. The molecule has 0 saturated heterocycles. The first kappa shape index (κ1) is 12.4. The number of hydrogen-bond acceptors (Lipinski definition) is 4. The van der Waals surface area contributed by atoms with Crippen LogP contribution in [-0.4, -0.2) is 15.0 Å². The summed E-state index contributed by atoms with van der Waals surface area (Å²) in [6, 6.07) is 3.73. The van der Waals surface area contributed by atoms with Gasteiger partial charge in [0.1, 0.15) is 6.33 Å². The van der Waals surface area contributed by atoms with Crippen LogP contribution in [0.3, 0.4) is 0 Å². The molecule has 0 aromatic carbocycles. The summed E-state index contributed by atoms with van der Waals surface area (Å²) in [6.45, 7) is 3.81. The zero-order chi connectivity index (χ0) is 13.0. The van der Waals surface area contributed by atoms with E-state index in [9.17, 15) is 4.39 Å². The molecule has 2 heterocycles. The lowest BCUT2D eigenvalue weighted by molar-refractivity contribution is 0.594. The van der Waals surface area contributed by atoms with Crippen molar-refractivity contribution in [2.24, 2.45) is 0 Å². The van der Waals surface area contributed by atoms with E-state index in [1.54, 1.807) is 12.4 Å². The smallest absolute Gasteiger partial charge is 0.186 e. The van der Waals surface area contributed by atoms with Gasteiger partial charge in [-0.15, -0.1) is 0 Å². The maximum absolute atomic E-state index is 13.9. The van der Waals surface area contributed by atoms with E-state index in [4.69, 9.17) is 0 Å². The minimum atomic E-state index is -0.374. The van der Waals surface area contributed by atoms with E-state index >= 15 is 0 Å². The molecule has 5 heteroatoms. The third-order valence-corrected chi connectivity index (χ3v) is 2.76. The van der Waals surface area contributed by atoms with Crippen molar-refractivity contribution in [2.75, 3.05) is 5.32 Å². The van der Waals surface area contributed by atoms with Gasteiger partial charge in [-0.05, 0) is 31.0 Å². The third kappa shape index (κ3) is 2.61. The highest BCUT2D eigenvalue weighted by atomic mass is 19.1. The van der Waals surface area contributed by atoms with Crippen molar-refractivity contribution in [2.45, 2.75) is 26.3 Å². The number of anilines is 1. The first-order valence-electron chi connectivity index (χ1n) is 5.88. The zero-order valence-corrected chi connectivity index (χ0v) is 10.4. The predicted octanol–water partition coefficient (Wildman–Crippen LogP) is 2.75. The summed E-state index contributed by atoms with van der Waals surface area (Å²) < 4.78 is 13.9. The number of aryl methyl sites for hydroxylation is 1. The molecule has 0 bridgehead atoms. The van der Waals surface area contributed by atoms with E-state index in [0.717, 1.165) is 5.56 Å². The van der Waals surface area contributed by atoms with Crippen LogP contribution in [0.2, 0.25) is 0 Å². The van der Waals surface area contributed by atoms with Gasteiger partial charge in [0.2, 0.25) is 0 Å². The standard InChI is InChI=1S/C13H15FN4/c1-3-11-12(14)13(17-8-16-11)18-9(2)10-4-6-15-7-5-10/h4-9H,3H2,1-2H3,(H,16,17,18)/t9-/m1/s1. The van der Waals surface area contributed by atoms with Crippen molar-refractivity contribution in [1.82, 2.24) is 15.0 Å². The zero-order valence-electron chi connectivity index (χ0n) is 10.4. The summed E-state index contributed by atoms with van der Waals surface area (Å²) in [6.07, 6.45) is 5.35. The van der Waals surface area contributed by atoms with Gasteiger partial charge in [-0.2, -0.15) is 0 Å². The summed E-state index contributed by atoms with van der Waals surface area (Å²) in [4.78, 5) is 11.8. The molecule has 0 saturated carbocycles. The van der Waals surface area contributed by atoms with Crippen LogP contribution < -0.4 is 5.32 Å². The second-order valence-electron chi connectivity index (χ2n) is 3.98. The van der Waals surface area contributed by atoms with Crippen molar-refractivity contribution in [1.29, 1.82) is 0 Å². The van der Waals surface area contributed by atoms with Crippen LogP contribution in [0.25, 0.3) is 0 Å². The van der Waals surface area contributed by atoms with Gasteiger partial charge >= 0.3 is 0 Å². The molecule has 0 aliphatic heterocycles. The Bertz CT molecular complexity index is 516. The van der Waals surface area contributed by atoms with Gasteiger partial charge in [0.05, 0.1) is 11.7 Å². The number of aromatic nitrogens is 3. The number of rotatable bonds is 4. The molecule has 0 unspecified atom stereocenters. The van der Waals surface area contributed by atoms with E-state index in [1.807, 2.05) is 26.0 Å². The van der Waals surface area contributed by atoms with Gasteiger partial charge in [0.25, 0.3) is 0 Å². The van der Waals surface area contributed by atoms with Gasteiger partial charge in [0.15, 0.2) is 11.6 Å². The quantitative estimate of drug-likeness (QED) is 0.901. The molecule has 0 amide bonds. The topological polar surface area (TPSA) is 50.7 Å². The SMILES string of the molecule is CCc1ncnc(N[C@H](C)c2ccncc2)c1F. The number of halogens is 1. The fourth-order valence-corrected chi connectivity index (χ4v) is 1.69. The molecular formula is C13H15FN4. The average molecular weight is 246 g/mol. The summed E-state index contributed by atoms with van der Waals surface area (Å²) in [5, 5.41) is 3.05. The van der Waals surface area contributed by atoms with Crippen molar-refractivity contribution in [3.63, 3.8) is 0 Å². The Balaban J connectivity index is 2.19. The molecule has 0 radical (unpaired) electrons. The number of nitrogens with zero attached hydrogens (tertiary/aromatic N) is 3. The number of hydrogen-bond donors (Lipinski definition) is 1. The highest BCUT2D eigenvalue weighted by Gasteiger charge is 2.12. The van der Waals surface area contributed by atoms with Gasteiger partial charge in [-0.25, -0.2) is 14.4 Å². The maximum Gasteiger partial charge on any atom is 0.186 e. The van der Waals surface area contributed by atoms with Crippen LogP contribution in [0, 0.1) is 5.82 Å². The van der Waals surface area contributed by atoms with Crippen molar-refractivity contribution in [3.8, 4) is 0 Å². The first-order chi connectivity index (χ1) is 8.72. The van der Waals surface area contributed by atoms with Gasteiger partial charge in [-0.3, -0.25) is 4.98 Å². The normalized spacial score (nSPS) is 12.2. The number of pyridine rings is 1. The third-order valence-electron chi connectivity index (χ3n) is 2.76. The van der Waals surface area contributed by atoms with Crippen LogP contribution in [0.15, 0.2) is 30.9 Å². The molecule has 2 aromatic heterocycles. The number of nitrogens with one attached hydrogen (secondary N) is 1. The van der Waals surface area contributed by atoms with Crippen molar-refractivity contribution < 1.29 is 4.39 Å². The second kappa shape index (κ2) is 5.53. The molecule has 18 heavy (non-hydrogen) atoms. The minimum Gasteiger partial charge on any atom is -0.361 e. The van der Waals surface area contributed by atoms with Crippen LogP contribution in [-0.2, 0) is 6.42 Å². The Kier molecular flexibility index (Phi) is 3.82. The maximum atomic E-state index is 13.9. The molecule has 0 fully saturated rings. The Morgan fingerprint density at radius 1 is 1.28 bits per heavy atom. The van der Waals surface area contributed by atoms with E-state index in [0.29, 0.717) is 12.1 Å². The van der Waals surface area contributed by atoms with Gasteiger partial charge < -0.3 is 5.32 Å². The molecule has 0 aliphatic carbocycles. The fraction of sp³-hybridized carbons (Fsp3) is 0.308. The Morgan fingerprint density at radius 3 is 2.67 bits per heavy atom. The van der Waals surface area contributed by atoms with E-state index in [2.05, 4.69) is 20.3 Å². The van der Waals surface area contributed by atoms with Crippen LogP contribution in [0.5, 0.6) is 0 Å². The van der Waals surface area contributed by atoms with Gasteiger partial charge in [0, 0.05) is 12.4 Å². The van der Waals surface area contributed by atoms with Crippen LogP contribution in [0.4, 0.5) is 10.2 Å². The summed E-state index contributed by atoms with van der Waals surface area (Å²) >= 11 is 0. The summed E-state index contributed by atoms with van der Waals surface area (Å²) in [5.74, 6) is -0.132. The van der Waals surface area contributed by atoms with Crippen LogP contribution in [0.1, 0.15) is 31.1 Å². The largest absolute Gasteiger partial charge is 0.361 e. The molecule has 0 spiro atoms. The van der Waals surface area contributed by atoms with Crippen molar-refractivity contribution in [3.05, 3.63) is 47.9 Å². The minimum absolute atomic E-state index is 0.0397. The summed E-state index contributed by atoms with van der Waals surface area (Å²) in [5.41, 5.74) is 1.45. The Morgan fingerprint density at radius 2 is 2.00 bits per heavy atom. The molecule has 2 rings (SSSR count). The molecule has 2 aromatic rings. The molecule has 1 atom stereocenters. The predicted molar refractivity (Wildman–Crippen MR) is 67.6 cm³/mol. The Labute approximate surface area is 105 Å². The molecule has 4 nitrogen and oxygen atoms in total. The first-order valence-corrected chi connectivity index (χ1v) is 5.88. The van der Waals surface area contributed by atoms with E-state index in [1.165, 1.54) is 6.33 Å². The van der Waals surface area contributed by atoms with Crippen LogP contribution >= 0.6 is 0 Å². The Hall–Kier alpha value is -2.04. The lowest BCUT2D eigenvalue weighted by Crippen LogP contribution is -2.11. The lowest BCUT2D eigenvalue weighted by Gasteiger charge is -2.15. The molecule has 1 N–H and O–H groups in total. The van der Waals surface area contributed by atoms with E-state index < -0.39 is 0 Å². The van der Waals surface area contributed by atoms with E-state index in [-0.39, 0.29) is 17.7 Å². The van der Waals surface area contributed by atoms with Gasteiger partial charge in [-0.1, -0.05) is 6.92 Å².